The van der Waals surface area contributed by atoms with Crippen LogP contribution in [0.4, 0.5) is 5.69 Å². The van der Waals surface area contributed by atoms with Crippen LogP contribution in [0.25, 0.3) is 0 Å². The van der Waals surface area contributed by atoms with Crippen LogP contribution in [-0.2, 0) is 14.8 Å². The van der Waals surface area contributed by atoms with Crippen molar-refractivity contribution in [3.63, 3.8) is 0 Å². The van der Waals surface area contributed by atoms with E-state index >= 15 is 0 Å². The van der Waals surface area contributed by atoms with Crippen molar-refractivity contribution in [2.75, 3.05) is 39.8 Å². The summed E-state index contributed by atoms with van der Waals surface area (Å²) in [7, 11) is 2.03. The average molecular weight is 413 g/mol. The Balaban J connectivity index is 2.15. The van der Waals surface area contributed by atoms with Crippen molar-refractivity contribution in [2.24, 2.45) is 0 Å². The van der Waals surface area contributed by atoms with E-state index in [1.54, 1.807) is 38.4 Å². The van der Waals surface area contributed by atoms with E-state index in [2.05, 4.69) is 0 Å². The molecule has 146 valence electrons. The van der Waals surface area contributed by atoms with E-state index in [0.29, 0.717) is 17.2 Å². The van der Waals surface area contributed by atoms with Gasteiger partial charge in [0, 0.05) is 19.8 Å². The first-order chi connectivity index (χ1) is 12.7. The first kappa shape index (κ1) is 21.0. The number of methoxy groups -OCH3 is 2. The monoisotopic (exact) mass is 412 g/mol. The minimum Gasteiger partial charge on any atom is -0.497 e. The van der Waals surface area contributed by atoms with Crippen LogP contribution in [-0.4, -0.2) is 53.5 Å². The van der Waals surface area contributed by atoms with Crippen molar-refractivity contribution >= 4 is 33.2 Å². The molecule has 9 heteroatoms. The average Bonchev–Trinajstić information content (AvgIpc) is 2.67. The normalized spacial score (nSPS) is 11.3. The summed E-state index contributed by atoms with van der Waals surface area (Å²) in [6, 6.07) is 11.0. The minimum absolute atomic E-state index is 0.0179. The lowest BCUT2D eigenvalue weighted by Crippen LogP contribution is -2.39. The second kappa shape index (κ2) is 8.60. The molecule has 2 rings (SSSR count). The number of halogens is 1. The van der Waals surface area contributed by atoms with E-state index in [0.717, 1.165) is 4.31 Å². The third kappa shape index (κ3) is 4.71. The van der Waals surface area contributed by atoms with E-state index in [1.807, 2.05) is 0 Å². The second-order valence-corrected chi connectivity index (χ2v) is 8.16. The van der Waals surface area contributed by atoms with Gasteiger partial charge in [-0.2, -0.15) is 4.31 Å². The van der Waals surface area contributed by atoms with Crippen LogP contribution in [0.15, 0.2) is 47.4 Å². The van der Waals surface area contributed by atoms with Crippen molar-refractivity contribution in [3.8, 4) is 11.5 Å². The van der Waals surface area contributed by atoms with Crippen LogP contribution in [0.1, 0.15) is 0 Å². The standard InChI is InChI=1S/C18H21ClN2O5S/c1-20(27(23,24)15-9-10-17(26-4)16(19)11-15)12-18(22)21(2)13-5-7-14(25-3)8-6-13/h5-11H,12H2,1-4H3. The number of sulfonamides is 1. The molecule has 0 heterocycles. The first-order valence-electron chi connectivity index (χ1n) is 7.91. The number of carbonyl (C=O) groups is 1. The van der Waals surface area contributed by atoms with Gasteiger partial charge in [-0.3, -0.25) is 4.79 Å². The predicted molar refractivity (Wildman–Crippen MR) is 104 cm³/mol. The molecule has 7 nitrogen and oxygen atoms in total. The van der Waals surface area contributed by atoms with Gasteiger partial charge < -0.3 is 14.4 Å². The Kier molecular flexibility index (Phi) is 6.69. The van der Waals surface area contributed by atoms with Gasteiger partial charge in [-0.05, 0) is 42.5 Å². The maximum Gasteiger partial charge on any atom is 0.243 e. The molecule has 27 heavy (non-hydrogen) atoms. The molecule has 0 N–H and O–H groups in total. The van der Waals surface area contributed by atoms with Gasteiger partial charge in [-0.25, -0.2) is 8.42 Å². The number of nitrogens with zero attached hydrogens (tertiary/aromatic N) is 2. The van der Waals surface area contributed by atoms with Crippen molar-refractivity contribution in [3.05, 3.63) is 47.5 Å². The Bertz CT molecular complexity index is 916. The molecule has 0 bridgehead atoms. The fourth-order valence-electron chi connectivity index (χ4n) is 2.32. The second-order valence-electron chi connectivity index (χ2n) is 5.71. The lowest BCUT2D eigenvalue weighted by Gasteiger charge is -2.22. The topological polar surface area (TPSA) is 76.2 Å². The van der Waals surface area contributed by atoms with Gasteiger partial charge in [0.1, 0.15) is 11.5 Å². The number of carbonyl (C=O) groups excluding carboxylic acids is 1. The zero-order chi connectivity index (χ0) is 20.2. The number of amides is 1. The fourth-order valence-corrected chi connectivity index (χ4v) is 3.79. The van der Waals surface area contributed by atoms with E-state index in [9.17, 15) is 13.2 Å². The Hall–Kier alpha value is -2.29. The SMILES string of the molecule is COc1ccc(N(C)C(=O)CN(C)S(=O)(=O)c2ccc(OC)c(Cl)c2)cc1. The predicted octanol–water partition coefficient (Wildman–Crippen LogP) is 2.64. The van der Waals surface area contributed by atoms with E-state index in [-0.39, 0.29) is 22.4 Å². The molecular formula is C18H21ClN2O5S. The molecule has 0 aromatic heterocycles. The molecule has 0 unspecified atom stereocenters. The quantitative estimate of drug-likeness (QED) is 0.698. The number of benzene rings is 2. The third-order valence-electron chi connectivity index (χ3n) is 4.02. The molecule has 0 aliphatic heterocycles. The lowest BCUT2D eigenvalue weighted by atomic mass is 10.3. The molecule has 0 saturated heterocycles. The van der Waals surface area contributed by atoms with Gasteiger partial charge in [0.05, 0.1) is 30.7 Å². The highest BCUT2D eigenvalue weighted by Crippen LogP contribution is 2.28. The van der Waals surface area contributed by atoms with E-state index in [4.69, 9.17) is 21.1 Å². The van der Waals surface area contributed by atoms with E-state index in [1.165, 1.54) is 37.3 Å². The Morgan fingerprint density at radius 3 is 2.19 bits per heavy atom. The van der Waals surface area contributed by atoms with Crippen molar-refractivity contribution < 1.29 is 22.7 Å². The third-order valence-corrected chi connectivity index (χ3v) is 6.12. The molecule has 1 amide bonds. The highest BCUT2D eigenvalue weighted by atomic mass is 35.5. The number of hydrogen-bond acceptors (Lipinski definition) is 5. The molecule has 0 aliphatic rings. The molecule has 2 aromatic carbocycles. The van der Waals surface area contributed by atoms with Crippen LogP contribution in [0, 0.1) is 0 Å². The number of likely N-dealkylation sites (N-methyl/N-ethyl adjacent to an activating group) is 2. The van der Waals surface area contributed by atoms with Crippen molar-refractivity contribution in [2.45, 2.75) is 4.90 Å². The highest BCUT2D eigenvalue weighted by molar-refractivity contribution is 7.89. The van der Waals surface area contributed by atoms with Crippen molar-refractivity contribution in [1.29, 1.82) is 0 Å². The van der Waals surface area contributed by atoms with Crippen molar-refractivity contribution in [1.82, 2.24) is 4.31 Å². The molecule has 0 spiro atoms. The van der Waals surface area contributed by atoms with Crippen LogP contribution in [0.3, 0.4) is 0 Å². The zero-order valence-electron chi connectivity index (χ0n) is 15.5. The Morgan fingerprint density at radius 2 is 1.67 bits per heavy atom. The highest BCUT2D eigenvalue weighted by Gasteiger charge is 2.25. The first-order valence-corrected chi connectivity index (χ1v) is 9.73. The molecular weight excluding hydrogens is 392 g/mol. The zero-order valence-corrected chi connectivity index (χ0v) is 17.0. The summed E-state index contributed by atoms with van der Waals surface area (Å²) in [4.78, 5) is 13.9. The van der Waals surface area contributed by atoms with E-state index < -0.39 is 10.0 Å². The van der Waals surface area contributed by atoms with Gasteiger partial charge in [0.25, 0.3) is 0 Å². The van der Waals surface area contributed by atoms with Gasteiger partial charge in [0.15, 0.2) is 0 Å². The van der Waals surface area contributed by atoms with Crippen LogP contribution < -0.4 is 14.4 Å². The maximum atomic E-state index is 12.7. The number of rotatable bonds is 7. The summed E-state index contributed by atoms with van der Waals surface area (Å²) >= 11 is 6.01. The van der Waals surface area contributed by atoms with Gasteiger partial charge in [0.2, 0.25) is 15.9 Å². The summed E-state index contributed by atoms with van der Waals surface area (Å²) in [5.74, 6) is 0.648. The smallest absolute Gasteiger partial charge is 0.243 e. The molecule has 0 atom stereocenters. The summed E-state index contributed by atoms with van der Waals surface area (Å²) in [6.45, 7) is -0.325. The molecule has 0 saturated carbocycles. The summed E-state index contributed by atoms with van der Waals surface area (Å²) < 4.78 is 36.5. The maximum absolute atomic E-state index is 12.7. The summed E-state index contributed by atoms with van der Waals surface area (Å²) in [6.07, 6.45) is 0. The Morgan fingerprint density at radius 1 is 1.04 bits per heavy atom. The molecule has 0 fully saturated rings. The van der Waals surface area contributed by atoms with Gasteiger partial charge >= 0.3 is 0 Å². The molecule has 2 aromatic rings. The summed E-state index contributed by atoms with van der Waals surface area (Å²) in [5, 5.41) is 0.175. The lowest BCUT2D eigenvalue weighted by molar-refractivity contribution is -0.118. The molecule has 0 radical (unpaired) electrons. The Labute approximate surface area is 164 Å². The number of anilines is 1. The fraction of sp³-hybridized carbons (Fsp3) is 0.278. The molecule has 0 aliphatic carbocycles. The largest absolute Gasteiger partial charge is 0.497 e. The minimum atomic E-state index is -3.88. The van der Waals surface area contributed by atoms with Gasteiger partial charge in [-0.15, -0.1) is 0 Å². The van der Waals surface area contributed by atoms with Gasteiger partial charge in [-0.1, -0.05) is 11.6 Å². The van der Waals surface area contributed by atoms with Crippen LogP contribution >= 0.6 is 11.6 Å². The number of ether oxygens (including phenoxy) is 2. The summed E-state index contributed by atoms with van der Waals surface area (Å²) in [5.41, 5.74) is 0.624. The van der Waals surface area contributed by atoms with Crippen LogP contribution in [0.5, 0.6) is 11.5 Å². The number of hydrogen-bond donors (Lipinski definition) is 0. The van der Waals surface area contributed by atoms with Crippen LogP contribution in [0.2, 0.25) is 5.02 Å².